The lowest BCUT2D eigenvalue weighted by Gasteiger charge is -2.35. The molecule has 0 spiro atoms. The molecule has 0 radical (unpaired) electrons. The third kappa shape index (κ3) is 2.46. The van der Waals surface area contributed by atoms with Gasteiger partial charge in [0, 0.05) is 31.9 Å². The molecule has 1 fully saturated rings. The lowest BCUT2D eigenvalue weighted by Crippen LogP contribution is -2.45. The second kappa shape index (κ2) is 4.94. The van der Waals surface area contributed by atoms with Crippen molar-refractivity contribution in [2.45, 2.75) is 13.8 Å². The maximum absolute atomic E-state index is 7.75. The van der Waals surface area contributed by atoms with Crippen LogP contribution in [0.15, 0.2) is 6.07 Å². The van der Waals surface area contributed by atoms with Gasteiger partial charge in [-0.3, -0.25) is 10.4 Å². The minimum Gasteiger partial charge on any atom is -0.384 e. The van der Waals surface area contributed by atoms with Crippen molar-refractivity contribution in [3.05, 3.63) is 23.0 Å². The van der Waals surface area contributed by atoms with Gasteiger partial charge in [0.2, 0.25) is 0 Å². The van der Waals surface area contributed by atoms with Gasteiger partial charge in [0.1, 0.15) is 5.84 Å². The van der Waals surface area contributed by atoms with Crippen molar-refractivity contribution in [2.24, 2.45) is 5.73 Å². The predicted octanol–water partition coefficient (Wildman–Crippen LogP) is 0.734. The second-order valence-electron chi connectivity index (χ2n) is 4.95. The quantitative estimate of drug-likeness (QED) is 0.597. The van der Waals surface area contributed by atoms with Crippen LogP contribution in [-0.4, -0.2) is 48.9 Å². The zero-order valence-corrected chi connectivity index (χ0v) is 11.3. The second-order valence-corrected chi connectivity index (χ2v) is 4.95. The number of piperazine rings is 1. The summed E-state index contributed by atoms with van der Waals surface area (Å²) in [5, 5.41) is 7.75. The first-order chi connectivity index (χ1) is 8.49. The first-order valence-corrected chi connectivity index (χ1v) is 6.25. The molecule has 5 nitrogen and oxygen atoms in total. The number of hydrogen-bond donors (Lipinski definition) is 2. The van der Waals surface area contributed by atoms with E-state index in [1.165, 1.54) is 0 Å². The standard InChI is InChI=1S/C13H21N5/c1-9-8-11(12(13(14)15)10(2)16-9)18-6-4-17(3)5-7-18/h8H,4-7H2,1-3H3,(H3,14,15). The van der Waals surface area contributed by atoms with Crippen molar-refractivity contribution in [2.75, 3.05) is 38.1 Å². The summed E-state index contributed by atoms with van der Waals surface area (Å²) in [6, 6.07) is 2.04. The maximum Gasteiger partial charge on any atom is 0.126 e. The van der Waals surface area contributed by atoms with Crippen LogP contribution in [0.25, 0.3) is 0 Å². The van der Waals surface area contributed by atoms with Crippen LogP contribution in [0, 0.1) is 19.3 Å². The lowest BCUT2D eigenvalue weighted by molar-refractivity contribution is 0.313. The van der Waals surface area contributed by atoms with E-state index in [1.54, 1.807) is 0 Å². The van der Waals surface area contributed by atoms with E-state index in [9.17, 15) is 0 Å². The molecule has 1 aliphatic heterocycles. The SMILES string of the molecule is Cc1cc(N2CCN(C)CC2)c(C(=N)N)c(C)n1. The van der Waals surface area contributed by atoms with Crippen LogP contribution in [0.1, 0.15) is 17.0 Å². The Morgan fingerprint density at radius 3 is 2.44 bits per heavy atom. The Labute approximate surface area is 108 Å². The minimum atomic E-state index is 0.105. The Hall–Kier alpha value is -1.62. The van der Waals surface area contributed by atoms with Gasteiger partial charge in [-0.15, -0.1) is 0 Å². The molecule has 0 unspecified atom stereocenters. The van der Waals surface area contributed by atoms with E-state index in [0.29, 0.717) is 0 Å². The Morgan fingerprint density at radius 1 is 1.28 bits per heavy atom. The van der Waals surface area contributed by atoms with Crippen LogP contribution in [0.4, 0.5) is 5.69 Å². The maximum atomic E-state index is 7.75. The number of rotatable bonds is 2. The molecule has 18 heavy (non-hydrogen) atoms. The Bertz CT molecular complexity index is 461. The van der Waals surface area contributed by atoms with Crippen LogP contribution < -0.4 is 10.6 Å². The molecule has 98 valence electrons. The highest BCUT2D eigenvalue weighted by Crippen LogP contribution is 2.24. The third-order valence-electron chi connectivity index (χ3n) is 3.42. The molecule has 1 aromatic rings. The number of nitrogens with one attached hydrogen (secondary N) is 1. The number of aryl methyl sites for hydroxylation is 2. The summed E-state index contributed by atoms with van der Waals surface area (Å²) in [7, 11) is 2.13. The fourth-order valence-corrected chi connectivity index (χ4v) is 2.44. The van der Waals surface area contributed by atoms with Crippen LogP contribution >= 0.6 is 0 Å². The first-order valence-electron chi connectivity index (χ1n) is 6.25. The van der Waals surface area contributed by atoms with Gasteiger partial charge < -0.3 is 15.5 Å². The van der Waals surface area contributed by atoms with Gasteiger partial charge in [0.05, 0.1) is 16.9 Å². The third-order valence-corrected chi connectivity index (χ3v) is 3.42. The van der Waals surface area contributed by atoms with Crippen molar-refractivity contribution in [3.8, 4) is 0 Å². The minimum absolute atomic E-state index is 0.105. The molecule has 1 saturated heterocycles. The summed E-state index contributed by atoms with van der Waals surface area (Å²) in [6.07, 6.45) is 0. The first kappa shape index (κ1) is 12.8. The number of anilines is 1. The van der Waals surface area contributed by atoms with Crippen molar-refractivity contribution in [1.82, 2.24) is 9.88 Å². The van der Waals surface area contributed by atoms with Gasteiger partial charge in [-0.05, 0) is 27.0 Å². The van der Waals surface area contributed by atoms with Crippen molar-refractivity contribution in [1.29, 1.82) is 5.41 Å². The number of nitrogens with zero attached hydrogens (tertiary/aromatic N) is 3. The lowest BCUT2D eigenvalue weighted by atomic mass is 10.1. The van der Waals surface area contributed by atoms with Gasteiger partial charge in [-0.1, -0.05) is 0 Å². The fourth-order valence-electron chi connectivity index (χ4n) is 2.44. The van der Waals surface area contributed by atoms with E-state index >= 15 is 0 Å². The summed E-state index contributed by atoms with van der Waals surface area (Å²) >= 11 is 0. The Morgan fingerprint density at radius 2 is 1.89 bits per heavy atom. The molecule has 2 heterocycles. The fraction of sp³-hybridized carbons (Fsp3) is 0.538. The van der Waals surface area contributed by atoms with E-state index in [4.69, 9.17) is 11.1 Å². The number of aromatic nitrogens is 1. The predicted molar refractivity (Wildman–Crippen MR) is 74.4 cm³/mol. The Kier molecular flexibility index (Phi) is 3.52. The largest absolute Gasteiger partial charge is 0.384 e. The highest BCUT2D eigenvalue weighted by molar-refractivity contribution is 6.01. The molecule has 1 aliphatic rings. The van der Waals surface area contributed by atoms with Crippen LogP contribution in [0.2, 0.25) is 0 Å². The molecule has 0 saturated carbocycles. The number of nitrogens with two attached hydrogens (primary N) is 1. The van der Waals surface area contributed by atoms with E-state index < -0.39 is 0 Å². The van der Waals surface area contributed by atoms with Gasteiger partial charge in [-0.25, -0.2) is 0 Å². The van der Waals surface area contributed by atoms with Crippen LogP contribution in [0.3, 0.4) is 0 Å². The van der Waals surface area contributed by atoms with Crippen molar-refractivity contribution < 1.29 is 0 Å². The summed E-state index contributed by atoms with van der Waals surface area (Å²) in [5.74, 6) is 0.105. The average Bonchev–Trinajstić information content (AvgIpc) is 2.28. The van der Waals surface area contributed by atoms with Crippen LogP contribution in [-0.2, 0) is 0 Å². The average molecular weight is 247 g/mol. The van der Waals surface area contributed by atoms with Crippen LogP contribution in [0.5, 0.6) is 0 Å². The molecule has 0 atom stereocenters. The van der Waals surface area contributed by atoms with E-state index in [1.807, 2.05) is 19.9 Å². The van der Waals surface area contributed by atoms with Gasteiger partial charge >= 0.3 is 0 Å². The molecule has 0 amide bonds. The molecule has 0 aromatic carbocycles. The highest BCUT2D eigenvalue weighted by atomic mass is 15.2. The van der Waals surface area contributed by atoms with E-state index in [-0.39, 0.29) is 5.84 Å². The molecular weight excluding hydrogens is 226 g/mol. The summed E-state index contributed by atoms with van der Waals surface area (Å²) in [5.41, 5.74) is 9.37. The molecule has 0 bridgehead atoms. The van der Waals surface area contributed by atoms with E-state index in [2.05, 4.69) is 21.8 Å². The van der Waals surface area contributed by atoms with Gasteiger partial charge in [0.25, 0.3) is 0 Å². The topological polar surface area (TPSA) is 69.2 Å². The number of hydrogen-bond acceptors (Lipinski definition) is 4. The molecular formula is C13H21N5. The highest BCUT2D eigenvalue weighted by Gasteiger charge is 2.20. The van der Waals surface area contributed by atoms with Crippen molar-refractivity contribution >= 4 is 11.5 Å². The summed E-state index contributed by atoms with van der Waals surface area (Å²) in [6.45, 7) is 7.93. The molecule has 5 heteroatoms. The normalized spacial score (nSPS) is 16.9. The monoisotopic (exact) mass is 247 g/mol. The smallest absolute Gasteiger partial charge is 0.126 e. The Balaban J connectivity index is 2.39. The zero-order chi connectivity index (χ0) is 13.3. The van der Waals surface area contributed by atoms with Crippen molar-refractivity contribution in [3.63, 3.8) is 0 Å². The number of nitrogen functional groups attached to an aromatic ring is 1. The molecule has 1 aromatic heterocycles. The number of pyridine rings is 1. The molecule has 2 rings (SSSR count). The molecule has 0 aliphatic carbocycles. The van der Waals surface area contributed by atoms with Gasteiger partial charge in [0.15, 0.2) is 0 Å². The number of amidine groups is 1. The molecule has 3 N–H and O–H groups in total. The van der Waals surface area contributed by atoms with E-state index in [0.717, 1.165) is 48.8 Å². The summed E-state index contributed by atoms with van der Waals surface area (Å²) < 4.78 is 0. The van der Waals surface area contributed by atoms with Gasteiger partial charge in [-0.2, -0.15) is 0 Å². The summed E-state index contributed by atoms with van der Waals surface area (Å²) in [4.78, 5) is 9.02. The number of likely N-dealkylation sites (N-methyl/N-ethyl adjacent to an activating group) is 1. The zero-order valence-electron chi connectivity index (χ0n) is 11.3.